The first-order valence-electron chi connectivity index (χ1n) is 4.69. The lowest BCUT2D eigenvalue weighted by atomic mass is 9.95. The van der Waals surface area contributed by atoms with Gasteiger partial charge in [0.1, 0.15) is 0 Å². The first kappa shape index (κ1) is 12.4. The van der Waals surface area contributed by atoms with Gasteiger partial charge in [-0.2, -0.15) is 0 Å². The third-order valence-electron chi connectivity index (χ3n) is 1.70. The molecule has 1 atom stereocenters. The highest BCUT2D eigenvalue weighted by atomic mass is 16.2. The van der Waals surface area contributed by atoms with Crippen molar-refractivity contribution in [2.75, 3.05) is 20.6 Å². The maximum absolute atomic E-state index is 11.5. The lowest BCUT2D eigenvalue weighted by Crippen LogP contribution is -2.44. The van der Waals surface area contributed by atoms with Crippen LogP contribution < -0.4 is 5.32 Å². The molecule has 0 radical (unpaired) electrons. The van der Waals surface area contributed by atoms with Crippen molar-refractivity contribution in [1.82, 2.24) is 10.2 Å². The van der Waals surface area contributed by atoms with Gasteiger partial charge in [0.2, 0.25) is 5.91 Å². The zero-order chi connectivity index (χ0) is 10.6. The second-order valence-corrected chi connectivity index (χ2v) is 4.89. The summed E-state index contributed by atoms with van der Waals surface area (Å²) in [5.41, 5.74) is -0.291. The van der Waals surface area contributed by atoms with E-state index in [-0.39, 0.29) is 17.4 Å². The van der Waals surface area contributed by atoms with Crippen LogP contribution in [-0.4, -0.2) is 37.5 Å². The molecule has 0 saturated carbocycles. The standard InChI is InChI=1S/C10H22N2O/c1-8(7-12(5)6)11-9(13)10(2,3)4/h8H,7H2,1-6H3,(H,11,13)/t8-/m1/s1. The Morgan fingerprint density at radius 1 is 1.38 bits per heavy atom. The molecule has 1 N–H and O–H groups in total. The van der Waals surface area contributed by atoms with Crippen molar-refractivity contribution >= 4 is 5.91 Å². The van der Waals surface area contributed by atoms with E-state index in [4.69, 9.17) is 0 Å². The number of likely N-dealkylation sites (N-methyl/N-ethyl adjacent to an activating group) is 1. The van der Waals surface area contributed by atoms with Crippen molar-refractivity contribution < 1.29 is 4.79 Å². The highest BCUT2D eigenvalue weighted by molar-refractivity contribution is 5.81. The Morgan fingerprint density at radius 2 is 1.85 bits per heavy atom. The molecule has 0 aromatic carbocycles. The predicted molar refractivity (Wildman–Crippen MR) is 55.6 cm³/mol. The lowest BCUT2D eigenvalue weighted by Gasteiger charge is -2.23. The summed E-state index contributed by atoms with van der Waals surface area (Å²) in [7, 11) is 4.00. The highest BCUT2D eigenvalue weighted by Crippen LogP contribution is 2.12. The molecule has 0 saturated heterocycles. The smallest absolute Gasteiger partial charge is 0.225 e. The summed E-state index contributed by atoms with van der Waals surface area (Å²) < 4.78 is 0. The topological polar surface area (TPSA) is 32.3 Å². The first-order chi connectivity index (χ1) is 5.73. The molecule has 0 heterocycles. The van der Waals surface area contributed by atoms with Gasteiger partial charge in [-0.3, -0.25) is 4.79 Å². The molecular weight excluding hydrogens is 164 g/mol. The van der Waals surface area contributed by atoms with E-state index in [2.05, 4.69) is 10.2 Å². The Kier molecular flexibility index (Phi) is 4.40. The monoisotopic (exact) mass is 186 g/mol. The summed E-state index contributed by atoms with van der Waals surface area (Å²) in [4.78, 5) is 13.6. The number of hydrogen-bond donors (Lipinski definition) is 1. The summed E-state index contributed by atoms with van der Waals surface area (Å²) in [5.74, 6) is 0.113. The van der Waals surface area contributed by atoms with Crippen molar-refractivity contribution in [3.05, 3.63) is 0 Å². The average Bonchev–Trinajstić information content (AvgIpc) is 1.82. The van der Waals surface area contributed by atoms with Gasteiger partial charge in [-0.15, -0.1) is 0 Å². The zero-order valence-electron chi connectivity index (χ0n) is 9.64. The summed E-state index contributed by atoms with van der Waals surface area (Å²) in [6.45, 7) is 8.66. The van der Waals surface area contributed by atoms with Crippen molar-refractivity contribution in [1.29, 1.82) is 0 Å². The van der Waals surface area contributed by atoms with Gasteiger partial charge in [-0.25, -0.2) is 0 Å². The molecule has 3 heteroatoms. The quantitative estimate of drug-likeness (QED) is 0.716. The van der Waals surface area contributed by atoms with Gasteiger partial charge in [0.05, 0.1) is 0 Å². The van der Waals surface area contributed by atoms with Crippen molar-refractivity contribution in [2.45, 2.75) is 33.7 Å². The van der Waals surface area contributed by atoms with Crippen LogP contribution in [0.2, 0.25) is 0 Å². The van der Waals surface area contributed by atoms with E-state index < -0.39 is 0 Å². The normalized spacial score (nSPS) is 14.4. The fourth-order valence-corrected chi connectivity index (χ4v) is 1.03. The molecule has 0 aromatic heterocycles. The van der Waals surface area contributed by atoms with Gasteiger partial charge in [-0.1, -0.05) is 20.8 Å². The number of nitrogens with one attached hydrogen (secondary N) is 1. The largest absolute Gasteiger partial charge is 0.352 e. The number of rotatable bonds is 3. The Hall–Kier alpha value is -0.570. The van der Waals surface area contributed by atoms with E-state index in [0.717, 1.165) is 6.54 Å². The highest BCUT2D eigenvalue weighted by Gasteiger charge is 2.22. The molecule has 0 aliphatic rings. The van der Waals surface area contributed by atoms with Crippen LogP contribution in [0.1, 0.15) is 27.7 Å². The number of carbonyl (C=O) groups is 1. The molecule has 0 rings (SSSR count). The minimum absolute atomic E-state index is 0.113. The number of hydrogen-bond acceptors (Lipinski definition) is 2. The van der Waals surface area contributed by atoms with E-state index in [1.165, 1.54) is 0 Å². The van der Waals surface area contributed by atoms with E-state index >= 15 is 0 Å². The number of nitrogens with zero attached hydrogens (tertiary/aromatic N) is 1. The molecule has 78 valence electrons. The second kappa shape index (κ2) is 4.61. The van der Waals surface area contributed by atoms with Crippen LogP contribution in [-0.2, 0) is 4.79 Å². The van der Waals surface area contributed by atoms with E-state index in [0.29, 0.717) is 0 Å². The maximum Gasteiger partial charge on any atom is 0.225 e. The molecular formula is C10H22N2O. The molecule has 0 spiro atoms. The Morgan fingerprint density at radius 3 is 2.15 bits per heavy atom. The van der Waals surface area contributed by atoms with E-state index in [9.17, 15) is 4.79 Å². The van der Waals surface area contributed by atoms with Crippen LogP contribution in [0.5, 0.6) is 0 Å². The third-order valence-corrected chi connectivity index (χ3v) is 1.70. The molecule has 1 amide bonds. The minimum Gasteiger partial charge on any atom is -0.352 e. The first-order valence-corrected chi connectivity index (χ1v) is 4.69. The molecule has 0 fully saturated rings. The number of amides is 1. The summed E-state index contributed by atoms with van der Waals surface area (Å²) in [6.07, 6.45) is 0. The summed E-state index contributed by atoms with van der Waals surface area (Å²) in [5, 5.41) is 2.97. The van der Waals surface area contributed by atoms with E-state index in [1.54, 1.807) is 0 Å². The molecule has 0 aliphatic heterocycles. The fraction of sp³-hybridized carbons (Fsp3) is 0.900. The predicted octanol–water partition coefficient (Wildman–Crippen LogP) is 1.10. The van der Waals surface area contributed by atoms with Gasteiger partial charge in [0.25, 0.3) is 0 Å². The van der Waals surface area contributed by atoms with E-state index in [1.807, 2.05) is 41.8 Å². The van der Waals surface area contributed by atoms with Gasteiger partial charge in [-0.05, 0) is 21.0 Å². The van der Waals surface area contributed by atoms with Crippen LogP contribution in [0.25, 0.3) is 0 Å². The van der Waals surface area contributed by atoms with Gasteiger partial charge >= 0.3 is 0 Å². The Bertz CT molecular complexity index is 170. The third kappa shape index (κ3) is 5.64. The summed E-state index contributed by atoms with van der Waals surface area (Å²) >= 11 is 0. The lowest BCUT2D eigenvalue weighted by molar-refractivity contribution is -0.129. The van der Waals surface area contributed by atoms with Gasteiger partial charge in [0.15, 0.2) is 0 Å². The second-order valence-electron chi connectivity index (χ2n) is 4.89. The molecule has 0 aliphatic carbocycles. The van der Waals surface area contributed by atoms with Crippen molar-refractivity contribution in [3.63, 3.8) is 0 Å². The summed E-state index contributed by atoms with van der Waals surface area (Å²) in [6, 6.07) is 0.210. The average molecular weight is 186 g/mol. The molecule has 13 heavy (non-hydrogen) atoms. The van der Waals surface area contributed by atoms with Crippen LogP contribution in [0, 0.1) is 5.41 Å². The zero-order valence-corrected chi connectivity index (χ0v) is 9.64. The van der Waals surface area contributed by atoms with Gasteiger partial charge < -0.3 is 10.2 Å². The molecule has 3 nitrogen and oxygen atoms in total. The van der Waals surface area contributed by atoms with Crippen LogP contribution >= 0.6 is 0 Å². The maximum atomic E-state index is 11.5. The Labute approximate surface area is 81.5 Å². The van der Waals surface area contributed by atoms with Gasteiger partial charge in [0, 0.05) is 18.0 Å². The Balaban J connectivity index is 3.93. The fourth-order valence-electron chi connectivity index (χ4n) is 1.03. The minimum atomic E-state index is -0.291. The molecule has 0 unspecified atom stereocenters. The van der Waals surface area contributed by atoms with Crippen LogP contribution in [0.3, 0.4) is 0 Å². The number of carbonyl (C=O) groups excluding carboxylic acids is 1. The SMILES string of the molecule is C[C@H](CN(C)C)NC(=O)C(C)(C)C. The molecule has 0 aromatic rings. The van der Waals surface area contributed by atoms with Crippen LogP contribution in [0.15, 0.2) is 0 Å². The van der Waals surface area contributed by atoms with Crippen molar-refractivity contribution in [2.24, 2.45) is 5.41 Å². The van der Waals surface area contributed by atoms with Crippen LogP contribution in [0.4, 0.5) is 0 Å². The molecule has 0 bridgehead atoms. The van der Waals surface area contributed by atoms with Crippen molar-refractivity contribution in [3.8, 4) is 0 Å².